The first kappa shape index (κ1) is 9.83. The van der Waals surface area contributed by atoms with Crippen molar-refractivity contribution < 1.29 is 21.2 Å². The van der Waals surface area contributed by atoms with Crippen molar-refractivity contribution in [2.24, 2.45) is 0 Å². The molecule has 0 N–H and O–H groups in total. The standard InChI is InChI=1S/C3H7BF2O3S/c1-3(4(5)6)9-10(2,7)8/h3H,1-2H3/t3-/m0/s1. The molecule has 0 spiro atoms. The summed E-state index contributed by atoms with van der Waals surface area (Å²) in [5, 5.41) is 0. The van der Waals surface area contributed by atoms with E-state index in [0.717, 1.165) is 13.2 Å². The van der Waals surface area contributed by atoms with Crippen molar-refractivity contribution in [3.8, 4) is 0 Å². The van der Waals surface area contributed by atoms with Gasteiger partial charge < -0.3 is 0 Å². The first-order valence-corrected chi connectivity index (χ1v) is 4.31. The van der Waals surface area contributed by atoms with Gasteiger partial charge in [0.25, 0.3) is 10.1 Å². The van der Waals surface area contributed by atoms with Crippen molar-refractivity contribution in [2.45, 2.75) is 12.9 Å². The summed E-state index contributed by atoms with van der Waals surface area (Å²) in [4.78, 5) is 0. The summed E-state index contributed by atoms with van der Waals surface area (Å²) < 4.78 is 47.4. The maximum Gasteiger partial charge on any atom is 0.567 e. The molecule has 3 nitrogen and oxygen atoms in total. The van der Waals surface area contributed by atoms with Crippen LogP contribution in [-0.2, 0) is 14.3 Å². The van der Waals surface area contributed by atoms with Crippen molar-refractivity contribution in [3.63, 3.8) is 0 Å². The van der Waals surface area contributed by atoms with E-state index in [0.29, 0.717) is 0 Å². The van der Waals surface area contributed by atoms with E-state index in [1.807, 2.05) is 0 Å². The average molecular weight is 172 g/mol. The lowest BCUT2D eigenvalue weighted by Gasteiger charge is -2.05. The summed E-state index contributed by atoms with van der Waals surface area (Å²) in [5.74, 6) is 0. The molecule has 0 fully saturated rings. The van der Waals surface area contributed by atoms with Crippen LogP contribution in [0.2, 0.25) is 0 Å². The molecular formula is C3H7BF2O3S. The lowest BCUT2D eigenvalue weighted by Crippen LogP contribution is -2.25. The van der Waals surface area contributed by atoms with Crippen LogP contribution in [0.1, 0.15) is 6.92 Å². The summed E-state index contributed by atoms with van der Waals surface area (Å²) >= 11 is 0. The molecule has 1 atom stereocenters. The van der Waals surface area contributed by atoms with E-state index in [1.54, 1.807) is 0 Å². The van der Waals surface area contributed by atoms with Crippen LogP contribution in [0.15, 0.2) is 0 Å². The summed E-state index contributed by atoms with van der Waals surface area (Å²) in [6.07, 6.45) is 0.728. The highest BCUT2D eigenvalue weighted by molar-refractivity contribution is 7.86. The Morgan fingerprint density at radius 1 is 1.50 bits per heavy atom. The molecule has 0 aromatic carbocycles. The second kappa shape index (κ2) is 3.29. The first-order chi connectivity index (χ1) is 4.33. The smallest absolute Gasteiger partial charge is 0.284 e. The van der Waals surface area contributed by atoms with Crippen molar-refractivity contribution in [1.82, 2.24) is 0 Å². The van der Waals surface area contributed by atoms with E-state index in [-0.39, 0.29) is 0 Å². The number of hydrogen-bond acceptors (Lipinski definition) is 3. The lowest BCUT2D eigenvalue weighted by molar-refractivity contribution is 0.277. The summed E-state index contributed by atoms with van der Waals surface area (Å²) in [7, 11) is -6.52. The molecule has 0 amide bonds. The van der Waals surface area contributed by atoms with Gasteiger partial charge in [-0.25, -0.2) is 0 Å². The molecule has 0 aromatic rings. The fraction of sp³-hybridized carbons (Fsp3) is 1.00. The SMILES string of the molecule is C[C@H](OS(C)(=O)=O)B(F)F. The van der Waals surface area contributed by atoms with E-state index in [2.05, 4.69) is 4.18 Å². The zero-order chi connectivity index (χ0) is 8.36. The largest absolute Gasteiger partial charge is 0.567 e. The minimum atomic E-state index is -3.75. The highest BCUT2D eigenvalue weighted by atomic mass is 32.2. The van der Waals surface area contributed by atoms with Crippen LogP contribution in [0.25, 0.3) is 0 Å². The van der Waals surface area contributed by atoms with Gasteiger partial charge in [-0.2, -0.15) is 8.42 Å². The van der Waals surface area contributed by atoms with Gasteiger partial charge in [0.05, 0.1) is 6.26 Å². The van der Waals surface area contributed by atoms with Gasteiger partial charge in [-0.3, -0.25) is 12.8 Å². The Hall–Kier alpha value is -0.165. The van der Waals surface area contributed by atoms with Gasteiger partial charge in [0, 0.05) is 0 Å². The fourth-order valence-electron chi connectivity index (χ4n) is 0.318. The molecule has 0 heterocycles. The second-order valence-electron chi connectivity index (χ2n) is 1.84. The van der Waals surface area contributed by atoms with Gasteiger partial charge in [0.2, 0.25) is 0 Å². The van der Waals surface area contributed by atoms with Crippen LogP contribution in [0.5, 0.6) is 0 Å². The normalized spacial score (nSPS) is 14.8. The summed E-state index contributed by atoms with van der Waals surface area (Å²) in [6, 6.07) is -1.56. The molecular weight excluding hydrogens is 165 g/mol. The molecule has 0 aliphatic heterocycles. The second-order valence-corrected chi connectivity index (χ2v) is 3.44. The van der Waals surface area contributed by atoms with E-state index in [4.69, 9.17) is 0 Å². The monoisotopic (exact) mass is 172 g/mol. The zero-order valence-electron chi connectivity index (χ0n) is 5.54. The number of halogens is 2. The molecule has 0 aliphatic carbocycles. The zero-order valence-corrected chi connectivity index (χ0v) is 6.36. The van der Waals surface area contributed by atoms with Crippen LogP contribution in [0.3, 0.4) is 0 Å². The van der Waals surface area contributed by atoms with Gasteiger partial charge >= 0.3 is 7.27 Å². The predicted molar refractivity (Wildman–Crippen MR) is 33.4 cm³/mol. The minimum absolute atomic E-state index is 0.728. The third-order valence-electron chi connectivity index (χ3n) is 0.681. The Kier molecular flexibility index (Phi) is 3.24. The van der Waals surface area contributed by atoms with Gasteiger partial charge in [0.15, 0.2) is 0 Å². The molecule has 0 rings (SSSR count). The van der Waals surface area contributed by atoms with E-state index in [9.17, 15) is 17.0 Å². The van der Waals surface area contributed by atoms with Crippen molar-refractivity contribution in [1.29, 1.82) is 0 Å². The Bertz CT molecular complexity index is 190. The molecule has 10 heavy (non-hydrogen) atoms. The number of rotatable bonds is 3. The van der Waals surface area contributed by atoms with Crippen LogP contribution >= 0.6 is 0 Å². The summed E-state index contributed by atoms with van der Waals surface area (Å²) in [6.45, 7) is 0.992. The molecule has 0 saturated carbocycles. The van der Waals surface area contributed by atoms with Crippen molar-refractivity contribution in [2.75, 3.05) is 6.26 Å². The molecule has 0 radical (unpaired) electrons. The highest BCUT2D eigenvalue weighted by Gasteiger charge is 2.27. The van der Waals surface area contributed by atoms with Crippen molar-refractivity contribution in [3.05, 3.63) is 0 Å². The maximum atomic E-state index is 11.6. The summed E-state index contributed by atoms with van der Waals surface area (Å²) in [5.41, 5.74) is 0. The molecule has 0 unspecified atom stereocenters. The van der Waals surface area contributed by atoms with Crippen LogP contribution in [-0.4, -0.2) is 27.9 Å². The highest BCUT2D eigenvalue weighted by Crippen LogP contribution is 2.02. The third-order valence-corrected chi connectivity index (χ3v) is 1.33. The topological polar surface area (TPSA) is 43.4 Å². The Morgan fingerprint density at radius 3 is 2.00 bits per heavy atom. The quantitative estimate of drug-likeness (QED) is 0.454. The molecule has 60 valence electrons. The van der Waals surface area contributed by atoms with Crippen molar-refractivity contribution >= 4 is 17.4 Å². The Balaban J connectivity index is 3.93. The molecule has 7 heteroatoms. The van der Waals surface area contributed by atoms with Crippen LogP contribution < -0.4 is 0 Å². The van der Waals surface area contributed by atoms with E-state index < -0.39 is 23.4 Å². The molecule has 0 aliphatic rings. The van der Waals surface area contributed by atoms with Gasteiger partial charge in [-0.15, -0.1) is 0 Å². The maximum absolute atomic E-state index is 11.6. The fourth-order valence-corrected chi connectivity index (χ4v) is 0.953. The predicted octanol–water partition coefficient (Wildman–Crippen LogP) is 0.318. The minimum Gasteiger partial charge on any atom is -0.284 e. The average Bonchev–Trinajstić information content (AvgIpc) is 1.60. The molecule has 0 aromatic heterocycles. The Labute approximate surface area is 58.7 Å². The lowest BCUT2D eigenvalue weighted by atomic mass is 9.91. The Morgan fingerprint density at radius 2 is 1.90 bits per heavy atom. The molecule has 0 saturated heterocycles. The van der Waals surface area contributed by atoms with Gasteiger partial charge in [-0.05, 0) is 6.92 Å². The van der Waals surface area contributed by atoms with Crippen LogP contribution in [0, 0.1) is 0 Å². The first-order valence-electron chi connectivity index (χ1n) is 2.49. The van der Waals surface area contributed by atoms with E-state index >= 15 is 0 Å². The van der Waals surface area contributed by atoms with E-state index in [1.165, 1.54) is 0 Å². The number of hydrogen-bond donors (Lipinski definition) is 0. The molecule has 0 bridgehead atoms. The van der Waals surface area contributed by atoms with Crippen LogP contribution in [0.4, 0.5) is 8.63 Å². The van der Waals surface area contributed by atoms with Gasteiger partial charge in [-0.1, -0.05) is 0 Å². The van der Waals surface area contributed by atoms with Gasteiger partial charge in [0.1, 0.15) is 6.00 Å². The third kappa shape index (κ3) is 4.69.